The summed E-state index contributed by atoms with van der Waals surface area (Å²) in [5.74, 6) is 0. The molecule has 1 aliphatic carbocycles. The fourth-order valence-electron chi connectivity index (χ4n) is 1.83. The molecule has 1 aliphatic rings. The van der Waals surface area contributed by atoms with Crippen molar-refractivity contribution in [2.45, 2.75) is 11.3 Å². The van der Waals surface area contributed by atoms with Crippen molar-refractivity contribution in [3.05, 3.63) is 51.0 Å². The molecule has 2 rings (SSSR count). The molecule has 0 amide bonds. The standard InChI is InChI=1S/C10H7N3O5S/c11-12-9-3-4-10(13(14)15)8-5-6(19(16,17)18)1-2-7(8)9/h1-2,4-5H,3H2,(H,16,17,18). The van der Waals surface area contributed by atoms with Gasteiger partial charge in [-0.2, -0.15) is 13.2 Å². The smallest absolute Gasteiger partial charge is 0.304 e. The van der Waals surface area contributed by atoms with E-state index in [0.717, 1.165) is 12.1 Å². The number of nitrogens with zero attached hydrogens (tertiary/aromatic N) is 3. The van der Waals surface area contributed by atoms with Crippen LogP contribution in [0.5, 0.6) is 0 Å². The molecule has 0 saturated heterocycles. The van der Waals surface area contributed by atoms with Crippen LogP contribution < -0.4 is 0 Å². The predicted molar refractivity (Wildman–Crippen MR) is 63.6 cm³/mol. The first-order valence-corrected chi connectivity index (χ1v) is 6.46. The molecule has 19 heavy (non-hydrogen) atoms. The minimum absolute atomic E-state index is 0.0147. The molecule has 0 aliphatic heterocycles. The maximum absolute atomic E-state index is 11.0. The molecular weight excluding hydrogens is 274 g/mol. The van der Waals surface area contributed by atoms with Gasteiger partial charge in [-0.1, -0.05) is 0 Å². The van der Waals surface area contributed by atoms with Gasteiger partial charge >= 0.3 is 5.71 Å². The topological polar surface area (TPSA) is 134 Å². The Bertz CT molecular complexity index is 759. The quantitative estimate of drug-likeness (QED) is 0.283. The number of rotatable bonds is 2. The molecule has 1 aromatic rings. The molecule has 98 valence electrons. The summed E-state index contributed by atoms with van der Waals surface area (Å²) < 4.78 is 31.0. The maximum Gasteiger partial charge on any atom is 0.304 e. The van der Waals surface area contributed by atoms with Crippen LogP contribution in [0.2, 0.25) is 0 Å². The van der Waals surface area contributed by atoms with Gasteiger partial charge in [0.2, 0.25) is 0 Å². The van der Waals surface area contributed by atoms with Gasteiger partial charge < -0.3 is 5.53 Å². The second kappa shape index (κ2) is 4.39. The molecule has 1 aromatic carbocycles. The Morgan fingerprint density at radius 1 is 1.37 bits per heavy atom. The lowest BCUT2D eigenvalue weighted by Crippen LogP contribution is -2.14. The van der Waals surface area contributed by atoms with Gasteiger partial charge in [-0.3, -0.25) is 14.7 Å². The average molecular weight is 281 g/mol. The highest BCUT2D eigenvalue weighted by Crippen LogP contribution is 2.28. The lowest BCUT2D eigenvalue weighted by Gasteiger charge is -2.09. The van der Waals surface area contributed by atoms with Crippen LogP contribution >= 0.6 is 0 Å². The minimum Gasteiger partial charge on any atom is -0.361 e. The molecular formula is C10H7N3O5S. The van der Waals surface area contributed by atoms with Crippen molar-refractivity contribution in [1.29, 1.82) is 0 Å². The maximum atomic E-state index is 11.0. The van der Waals surface area contributed by atoms with Gasteiger partial charge in [0, 0.05) is 6.08 Å². The summed E-state index contributed by atoms with van der Waals surface area (Å²) in [6.45, 7) is 0. The number of benzene rings is 1. The first-order valence-electron chi connectivity index (χ1n) is 5.02. The van der Waals surface area contributed by atoms with E-state index in [-0.39, 0.29) is 29.0 Å². The van der Waals surface area contributed by atoms with Gasteiger partial charge in [0.25, 0.3) is 15.8 Å². The van der Waals surface area contributed by atoms with E-state index in [1.54, 1.807) is 0 Å². The summed E-state index contributed by atoms with van der Waals surface area (Å²) in [6.07, 6.45) is 1.27. The fourth-order valence-corrected chi connectivity index (χ4v) is 2.34. The first-order chi connectivity index (χ1) is 8.84. The van der Waals surface area contributed by atoms with E-state index in [4.69, 9.17) is 10.1 Å². The SMILES string of the molecule is [N-]=[N+]=C1CC=C([N+](=O)[O-])c2cc(S(=O)(=O)O)ccc21. The largest absolute Gasteiger partial charge is 0.361 e. The fraction of sp³-hybridized carbons (Fsp3) is 0.100. The van der Waals surface area contributed by atoms with Crippen molar-refractivity contribution < 1.29 is 22.7 Å². The highest BCUT2D eigenvalue weighted by molar-refractivity contribution is 7.85. The van der Waals surface area contributed by atoms with E-state index < -0.39 is 19.9 Å². The molecule has 0 heterocycles. The molecule has 0 spiro atoms. The number of hydrogen-bond acceptors (Lipinski definition) is 4. The zero-order chi connectivity index (χ0) is 14.2. The molecule has 0 unspecified atom stereocenters. The molecule has 0 bridgehead atoms. The van der Waals surface area contributed by atoms with Crippen molar-refractivity contribution in [2.75, 3.05) is 0 Å². The summed E-state index contributed by atoms with van der Waals surface area (Å²) in [5, 5.41) is 10.9. The molecule has 1 N–H and O–H groups in total. The van der Waals surface area contributed by atoms with Crippen molar-refractivity contribution in [2.24, 2.45) is 0 Å². The second-order valence-electron chi connectivity index (χ2n) is 3.78. The predicted octanol–water partition coefficient (Wildman–Crippen LogP) is 0.974. The molecule has 0 aromatic heterocycles. The van der Waals surface area contributed by atoms with Crippen LogP contribution in [0.3, 0.4) is 0 Å². The van der Waals surface area contributed by atoms with Crippen molar-refractivity contribution in [3.63, 3.8) is 0 Å². The molecule has 0 fully saturated rings. The van der Waals surface area contributed by atoms with Crippen LogP contribution in [0.25, 0.3) is 11.2 Å². The molecule has 8 nitrogen and oxygen atoms in total. The van der Waals surface area contributed by atoms with Crippen molar-refractivity contribution in [3.8, 4) is 0 Å². The highest BCUT2D eigenvalue weighted by Gasteiger charge is 2.31. The van der Waals surface area contributed by atoms with E-state index in [1.807, 2.05) is 0 Å². The van der Waals surface area contributed by atoms with Gasteiger partial charge in [-0.05, 0) is 18.2 Å². The van der Waals surface area contributed by atoms with Crippen LogP contribution in [-0.4, -0.2) is 28.4 Å². The van der Waals surface area contributed by atoms with Crippen LogP contribution in [0, 0.1) is 10.1 Å². The lowest BCUT2D eigenvalue weighted by atomic mass is 9.93. The summed E-state index contributed by atoms with van der Waals surface area (Å²) in [7, 11) is -4.46. The van der Waals surface area contributed by atoms with E-state index in [2.05, 4.69) is 4.79 Å². The second-order valence-corrected chi connectivity index (χ2v) is 5.20. The van der Waals surface area contributed by atoms with Gasteiger partial charge in [-0.25, -0.2) is 0 Å². The average Bonchev–Trinajstić information content (AvgIpc) is 2.35. The molecule has 0 saturated carbocycles. The normalized spacial score (nSPS) is 14.4. The van der Waals surface area contributed by atoms with E-state index in [0.29, 0.717) is 0 Å². The van der Waals surface area contributed by atoms with Crippen LogP contribution in [0.15, 0.2) is 29.2 Å². The molecule has 0 atom stereocenters. The third-order valence-corrected chi connectivity index (χ3v) is 3.53. The Balaban J connectivity index is 2.76. The molecule has 0 radical (unpaired) electrons. The number of fused-ring (bicyclic) bond motifs is 1. The number of hydrogen-bond donors (Lipinski definition) is 1. The van der Waals surface area contributed by atoms with Crippen molar-refractivity contribution >= 4 is 21.5 Å². The summed E-state index contributed by atoms with van der Waals surface area (Å²) in [5.41, 5.74) is 8.94. The van der Waals surface area contributed by atoms with E-state index in [1.165, 1.54) is 12.1 Å². The number of allylic oxidation sites excluding steroid dienone is 1. The van der Waals surface area contributed by atoms with Gasteiger partial charge in [-0.15, -0.1) is 0 Å². The zero-order valence-corrected chi connectivity index (χ0v) is 10.2. The van der Waals surface area contributed by atoms with Crippen molar-refractivity contribution in [1.82, 2.24) is 0 Å². The van der Waals surface area contributed by atoms with Gasteiger partial charge in [0.1, 0.15) is 0 Å². The summed E-state index contributed by atoms with van der Waals surface area (Å²) in [6, 6.07) is 3.32. The summed E-state index contributed by atoms with van der Waals surface area (Å²) >= 11 is 0. The Kier molecular flexibility index (Phi) is 3.03. The van der Waals surface area contributed by atoms with E-state index in [9.17, 15) is 18.5 Å². The lowest BCUT2D eigenvalue weighted by molar-refractivity contribution is -0.375. The zero-order valence-electron chi connectivity index (χ0n) is 9.35. The Morgan fingerprint density at radius 3 is 2.58 bits per heavy atom. The van der Waals surface area contributed by atoms with Gasteiger partial charge in [0.05, 0.1) is 27.4 Å². The monoisotopic (exact) mass is 281 g/mol. The van der Waals surface area contributed by atoms with Crippen LogP contribution in [0.1, 0.15) is 17.5 Å². The Morgan fingerprint density at radius 2 is 2.05 bits per heavy atom. The highest BCUT2D eigenvalue weighted by atomic mass is 32.2. The summed E-state index contributed by atoms with van der Waals surface area (Å²) in [4.78, 5) is 12.8. The van der Waals surface area contributed by atoms with Crippen LogP contribution in [-0.2, 0) is 10.1 Å². The first kappa shape index (κ1) is 13.1. The minimum atomic E-state index is -4.46. The van der Waals surface area contributed by atoms with E-state index >= 15 is 0 Å². The third kappa shape index (κ3) is 2.29. The van der Waals surface area contributed by atoms with Gasteiger partial charge in [0.15, 0.2) is 0 Å². The number of nitro groups is 1. The van der Waals surface area contributed by atoms with Crippen LogP contribution in [0.4, 0.5) is 0 Å². The third-order valence-electron chi connectivity index (χ3n) is 2.68. The Hall–Kier alpha value is -2.35. The molecule has 9 heteroatoms. The Labute approximate surface area is 107 Å².